The minimum atomic E-state index is -1.49. The number of aromatic carboxylic acids is 1. The van der Waals surface area contributed by atoms with Gasteiger partial charge >= 0.3 is 5.97 Å². The summed E-state index contributed by atoms with van der Waals surface area (Å²) in [6.07, 6.45) is 0.707. The molecule has 0 amide bonds. The van der Waals surface area contributed by atoms with Gasteiger partial charge in [-0.1, -0.05) is 13.8 Å². The molecule has 2 heterocycles. The van der Waals surface area contributed by atoms with Crippen LogP contribution >= 0.6 is 0 Å². The molecule has 3 rings (SSSR count). The molecule has 1 unspecified atom stereocenters. The van der Waals surface area contributed by atoms with Crippen LogP contribution in [0.2, 0.25) is 0 Å². The SMILES string of the molecule is COCCCOc1cc2c(cc1COC)-c1[nH]c(=O)c(C(=O)O)c(O)c1C(C(C)C)CO2. The number of carbonyl (C=O) groups is 1. The average Bonchev–Trinajstić information content (AvgIpc) is 2.88. The lowest BCUT2D eigenvalue weighted by Gasteiger charge is -2.22. The van der Waals surface area contributed by atoms with Crippen molar-refractivity contribution in [2.75, 3.05) is 34.0 Å². The predicted molar refractivity (Wildman–Crippen MR) is 117 cm³/mol. The Balaban J connectivity index is 2.20. The highest BCUT2D eigenvalue weighted by Gasteiger charge is 2.33. The topological polar surface area (TPSA) is 127 Å². The van der Waals surface area contributed by atoms with Crippen LogP contribution in [0.1, 0.15) is 47.7 Å². The molecule has 1 atom stereocenters. The van der Waals surface area contributed by atoms with Gasteiger partial charge in [0.25, 0.3) is 5.56 Å². The first-order valence-corrected chi connectivity index (χ1v) is 10.4. The molecule has 0 saturated heterocycles. The van der Waals surface area contributed by atoms with Crippen LogP contribution in [0.25, 0.3) is 11.3 Å². The van der Waals surface area contributed by atoms with Gasteiger partial charge in [-0.2, -0.15) is 0 Å². The van der Waals surface area contributed by atoms with Crippen molar-refractivity contribution in [3.05, 3.63) is 39.2 Å². The smallest absolute Gasteiger partial charge is 0.345 e. The van der Waals surface area contributed by atoms with E-state index in [2.05, 4.69) is 4.98 Å². The maximum absolute atomic E-state index is 12.5. The Kier molecular flexibility index (Phi) is 7.42. The summed E-state index contributed by atoms with van der Waals surface area (Å²) in [5.74, 6) is -1.30. The van der Waals surface area contributed by atoms with Gasteiger partial charge in [0.05, 0.1) is 25.5 Å². The number of H-pyrrole nitrogens is 1. The average molecular weight is 447 g/mol. The molecule has 32 heavy (non-hydrogen) atoms. The Labute approximate surface area is 185 Å². The van der Waals surface area contributed by atoms with E-state index >= 15 is 0 Å². The number of benzene rings is 1. The highest BCUT2D eigenvalue weighted by atomic mass is 16.5. The summed E-state index contributed by atoms with van der Waals surface area (Å²) in [6.45, 7) is 5.34. The minimum Gasteiger partial charge on any atom is -0.506 e. The zero-order valence-electron chi connectivity index (χ0n) is 18.7. The first kappa shape index (κ1) is 23.6. The fourth-order valence-corrected chi connectivity index (χ4v) is 3.87. The molecular weight excluding hydrogens is 418 g/mol. The number of pyridine rings is 1. The number of nitrogens with one attached hydrogen (secondary N) is 1. The van der Waals surface area contributed by atoms with Gasteiger partial charge in [0.2, 0.25) is 0 Å². The molecule has 1 aliphatic heterocycles. The first-order chi connectivity index (χ1) is 15.3. The van der Waals surface area contributed by atoms with Crippen molar-refractivity contribution in [2.24, 2.45) is 5.92 Å². The molecule has 1 aliphatic rings. The minimum absolute atomic E-state index is 0.00437. The largest absolute Gasteiger partial charge is 0.506 e. The van der Waals surface area contributed by atoms with Gasteiger partial charge in [0.15, 0.2) is 5.56 Å². The highest BCUT2D eigenvalue weighted by Crippen LogP contribution is 2.46. The number of ether oxygens (including phenoxy) is 4. The predicted octanol–water partition coefficient (Wildman–Crippen LogP) is 3.14. The van der Waals surface area contributed by atoms with Crippen LogP contribution in [0.5, 0.6) is 17.2 Å². The summed E-state index contributed by atoms with van der Waals surface area (Å²) in [5.41, 5.74) is 0.401. The number of aromatic nitrogens is 1. The summed E-state index contributed by atoms with van der Waals surface area (Å²) in [7, 11) is 3.19. The quantitative estimate of drug-likeness (QED) is 0.500. The Morgan fingerprint density at radius 1 is 1.25 bits per heavy atom. The number of hydrogen-bond donors (Lipinski definition) is 3. The highest BCUT2D eigenvalue weighted by molar-refractivity contribution is 5.92. The Hall–Kier alpha value is -3.04. The second-order valence-corrected chi connectivity index (χ2v) is 8.02. The third-order valence-corrected chi connectivity index (χ3v) is 5.52. The number of fused-ring (bicyclic) bond motifs is 3. The van der Waals surface area contributed by atoms with Crippen molar-refractivity contribution in [3.8, 4) is 28.5 Å². The normalized spacial score (nSPS) is 15.0. The van der Waals surface area contributed by atoms with Crippen LogP contribution in [0.4, 0.5) is 0 Å². The molecule has 0 fully saturated rings. The molecule has 2 aromatic rings. The second-order valence-electron chi connectivity index (χ2n) is 8.02. The van der Waals surface area contributed by atoms with Gasteiger partial charge < -0.3 is 34.1 Å². The van der Waals surface area contributed by atoms with E-state index in [4.69, 9.17) is 18.9 Å². The molecule has 0 radical (unpaired) electrons. The number of methoxy groups -OCH3 is 2. The van der Waals surface area contributed by atoms with E-state index in [1.807, 2.05) is 13.8 Å². The monoisotopic (exact) mass is 447 g/mol. The van der Waals surface area contributed by atoms with Crippen LogP contribution in [-0.2, 0) is 16.1 Å². The van der Waals surface area contributed by atoms with Crippen molar-refractivity contribution >= 4 is 5.97 Å². The van der Waals surface area contributed by atoms with E-state index < -0.39 is 22.8 Å². The summed E-state index contributed by atoms with van der Waals surface area (Å²) < 4.78 is 22.4. The fraction of sp³-hybridized carbons (Fsp3) is 0.478. The summed E-state index contributed by atoms with van der Waals surface area (Å²) in [4.78, 5) is 26.8. The first-order valence-electron chi connectivity index (χ1n) is 10.4. The van der Waals surface area contributed by atoms with Crippen molar-refractivity contribution in [1.29, 1.82) is 0 Å². The molecule has 0 bridgehead atoms. The lowest BCUT2D eigenvalue weighted by Crippen LogP contribution is -2.23. The molecule has 0 spiro atoms. The molecule has 1 aromatic carbocycles. The lowest BCUT2D eigenvalue weighted by molar-refractivity contribution is 0.0691. The van der Waals surface area contributed by atoms with Crippen molar-refractivity contribution < 1.29 is 34.0 Å². The zero-order chi connectivity index (χ0) is 23.4. The molecule has 9 heteroatoms. The van der Waals surface area contributed by atoms with Crippen molar-refractivity contribution in [1.82, 2.24) is 4.98 Å². The zero-order valence-corrected chi connectivity index (χ0v) is 18.7. The standard InChI is InChI=1S/C23H29NO8/c1-12(2)15-11-32-17-9-16(31-7-5-6-29-3)13(10-30-4)8-14(17)20-18(15)21(25)19(23(27)28)22(26)24-20/h8-9,12,15H,5-7,10-11H2,1-4H3,(H,27,28)(H2,24,25,26). The maximum atomic E-state index is 12.5. The summed E-state index contributed by atoms with van der Waals surface area (Å²) in [5, 5.41) is 20.3. The maximum Gasteiger partial charge on any atom is 0.345 e. The van der Waals surface area contributed by atoms with E-state index in [0.717, 1.165) is 5.56 Å². The third kappa shape index (κ3) is 4.58. The van der Waals surface area contributed by atoms with E-state index in [9.17, 15) is 19.8 Å². The second kappa shape index (κ2) is 10.1. The van der Waals surface area contributed by atoms with E-state index in [-0.39, 0.29) is 25.0 Å². The van der Waals surface area contributed by atoms with Gasteiger partial charge in [0.1, 0.15) is 17.2 Å². The van der Waals surface area contributed by atoms with Crippen molar-refractivity contribution in [3.63, 3.8) is 0 Å². The molecular formula is C23H29NO8. The number of aromatic amines is 1. The van der Waals surface area contributed by atoms with Gasteiger partial charge in [0, 0.05) is 55.9 Å². The Bertz CT molecular complexity index is 1040. The van der Waals surface area contributed by atoms with Gasteiger partial charge in [-0.05, 0) is 12.0 Å². The van der Waals surface area contributed by atoms with Gasteiger partial charge in [-0.15, -0.1) is 0 Å². The molecule has 1 aromatic heterocycles. The fourth-order valence-electron chi connectivity index (χ4n) is 3.87. The molecule has 3 N–H and O–H groups in total. The van der Waals surface area contributed by atoms with Crippen LogP contribution in [-0.4, -0.2) is 55.2 Å². The Morgan fingerprint density at radius 3 is 2.62 bits per heavy atom. The number of rotatable bonds is 9. The number of carboxylic acids is 1. The van der Waals surface area contributed by atoms with Crippen molar-refractivity contribution in [2.45, 2.75) is 32.8 Å². The number of carboxylic acid groups (broad SMARTS) is 1. The Morgan fingerprint density at radius 2 is 2.00 bits per heavy atom. The van der Waals surface area contributed by atoms with Gasteiger partial charge in [-0.25, -0.2) is 4.79 Å². The van der Waals surface area contributed by atoms with E-state index in [1.165, 1.54) is 0 Å². The van der Waals surface area contributed by atoms with E-state index in [1.54, 1.807) is 26.4 Å². The van der Waals surface area contributed by atoms with Crippen LogP contribution in [0.3, 0.4) is 0 Å². The van der Waals surface area contributed by atoms with Crippen LogP contribution in [0.15, 0.2) is 16.9 Å². The summed E-state index contributed by atoms with van der Waals surface area (Å²) in [6, 6.07) is 3.52. The van der Waals surface area contributed by atoms with Crippen LogP contribution < -0.4 is 15.0 Å². The lowest BCUT2D eigenvalue weighted by atomic mass is 9.85. The van der Waals surface area contributed by atoms with Crippen LogP contribution in [0, 0.1) is 5.92 Å². The molecule has 174 valence electrons. The molecule has 9 nitrogen and oxygen atoms in total. The van der Waals surface area contributed by atoms with E-state index in [0.29, 0.717) is 48.0 Å². The third-order valence-electron chi connectivity index (χ3n) is 5.52. The molecule has 0 saturated carbocycles. The number of hydrogen-bond acceptors (Lipinski definition) is 7. The number of aromatic hydroxyl groups is 1. The van der Waals surface area contributed by atoms with Gasteiger partial charge in [-0.3, -0.25) is 4.79 Å². The molecule has 0 aliphatic carbocycles. The summed E-state index contributed by atoms with van der Waals surface area (Å²) >= 11 is 0.